The minimum atomic E-state index is 0.709. The number of nitriles is 1. The van der Waals surface area contributed by atoms with Gasteiger partial charge in [0.25, 0.3) is 0 Å². The smallest absolute Gasteiger partial charge is 0.123 e. The zero-order valence-corrected chi connectivity index (χ0v) is 12.7. The quantitative estimate of drug-likeness (QED) is 0.850. The summed E-state index contributed by atoms with van der Waals surface area (Å²) in [5.41, 5.74) is 1.83. The lowest BCUT2D eigenvalue weighted by atomic mass is 10.1. The first-order chi connectivity index (χ1) is 10.3. The van der Waals surface area contributed by atoms with Crippen molar-refractivity contribution in [3.05, 3.63) is 29.3 Å². The van der Waals surface area contributed by atoms with Gasteiger partial charge in [-0.1, -0.05) is 0 Å². The third kappa shape index (κ3) is 3.20. The van der Waals surface area contributed by atoms with Crippen LogP contribution in [0.25, 0.3) is 0 Å². The van der Waals surface area contributed by atoms with E-state index in [4.69, 9.17) is 10.00 Å². The van der Waals surface area contributed by atoms with Crippen molar-refractivity contribution in [1.82, 2.24) is 9.80 Å². The van der Waals surface area contributed by atoms with E-state index in [1.54, 1.807) is 7.11 Å². The van der Waals surface area contributed by atoms with Gasteiger partial charge >= 0.3 is 0 Å². The number of methoxy groups -OCH3 is 1. The highest BCUT2D eigenvalue weighted by Gasteiger charge is 2.29. The zero-order valence-electron chi connectivity index (χ0n) is 12.7. The van der Waals surface area contributed by atoms with Crippen molar-refractivity contribution in [3.63, 3.8) is 0 Å². The standard InChI is InChI=1S/C17H23N3O/c1-21-17-5-4-14(11-18)10-15(17)12-19-9-6-16(13-19)20-7-2-3-8-20/h4-5,10,16H,2-3,6-9,12-13H2,1H3. The lowest BCUT2D eigenvalue weighted by Crippen LogP contribution is -2.35. The number of rotatable bonds is 4. The van der Waals surface area contributed by atoms with Gasteiger partial charge in [0.1, 0.15) is 5.75 Å². The van der Waals surface area contributed by atoms with Gasteiger partial charge < -0.3 is 4.74 Å². The molecule has 0 aromatic heterocycles. The van der Waals surface area contributed by atoms with Crippen LogP contribution in [0.3, 0.4) is 0 Å². The van der Waals surface area contributed by atoms with E-state index in [0.717, 1.165) is 37.0 Å². The van der Waals surface area contributed by atoms with Crippen LogP contribution in [0, 0.1) is 11.3 Å². The molecule has 1 aromatic carbocycles. The summed E-state index contributed by atoms with van der Waals surface area (Å²) >= 11 is 0. The largest absolute Gasteiger partial charge is 0.496 e. The zero-order chi connectivity index (χ0) is 14.7. The summed E-state index contributed by atoms with van der Waals surface area (Å²) in [6.07, 6.45) is 3.98. The van der Waals surface area contributed by atoms with Gasteiger partial charge in [-0.15, -0.1) is 0 Å². The molecular formula is C17H23N3O. The summed E-state index contributed by atoms with van der Waals surface area (Å²) in [7, 11) is 1.70. The molecule has 3 rings (SSSR count). The molecule has 2 fully saturated rings. The van der Waals surface area contributed by atoms with E-state index in [-0.39, 0.29) is 0 Å². The van der Waals surface area contributed by atoms with Crippen LogP contribution in [-0.2, 0) is 6.54 Å². The molecule has 0 bridgehead atoms. The highest BCUT2D eigenvalue weighted by atomic mass is 16.5. The summed E-state index contributed by atoms with van der Waals surface area (Å²) in [5, 5.41) is 9.06. The number of likely N-dealkylation sites (tertiary alicyclic amines) is 2. The molecule has 0 amide bonds. The molecule has 21 heavy (non-hydrogen) atoms. The Kier molecular flexibility index (Phi) is 4.42. The molecule has 4 nitrogen and oxygen atoms in total. The molecule has 0 saturated carbocycles. The predicted molar refractivity (Wildman–Crippen MR) is 82.2 cm³/mol. The maximum absolute atomic E-state index is 9.06. The number of ether oxygens (including phenoxy) is 1. The number of hydrogen-bond acceptors (Lipinski definition) is 4. The summed E-state index contributed by atoms with van der Waals surface area (Å²) < 4.78 is 5.44. The molecule has 0 aliphatic carbocycles. The Balaban J connectivity index is 1.65. The lowest BCUT2D eigenvalue weighted by molar-refractivity contribution is 0.229. The van der Waals surface area contributed by atoms with Gasteiger partial charge in [-0.25, -0.2) is 0 Å². The Morgan fingerprint density at radius 1 is 1.29 bits per heavy atom. The van der Waals surface area contributed by atoms with E-state index < -0.39 is 0 Å². The van der Waals surface area contributed by atoms with Gasteiger partial charge in [0.2, 0.25) is 0 Å². The van der Waals surface area contributed by atoms with E-state index in [9.17, 15) is 0 Å². The van der Waals surface area contributed by atoms with Gasteiger partial charge in [0.15, 0.2) is 0 Å². The second kappa shape index (κ2) is 6.46. The SMILES string of the molecule is COc1ccc(C#N)cc1CN1CCC(N2CCCC2)C1. The fourth-order valence-electron chi connectivity index (χ4n) is 3.57. The fraction of sp³-hybridized carbons (Fsp3) is 0.588. The molecule has 112 valence electrons. The third-order valence-corrected chi connectivity index (χ3v) is 4.71. The Morgan fingerprint density at radius 2 is 2.10 bits per heavy atom. The molecule has 0 spiro atoms. The minimum Gasteiger partial charge on any atom is -0.496 e. The molecule has 2 heterocycles. The van der Waals surface area contributed by atoms with Crippen molar-refractivity contribution in [2.75, 3.05) is 33.3 Å². The van der Waals surface area contributed by atoms with Gasteiger partial charge in [-0.2, -0.15) is 5.26 Å². The number of nitrogens with zero attached hydrogens (tertiary/aromatic N) is 3. The summed E-state index contributed by atoms with van der Waals surface area (Å²) in [6, 6.07) is 8.62. The van der Waals surface area contributed by atoms with Gasteiger partial charge in [-0.05, 0) is 50.6 Å². The third-order valence-electron chi connectivity index (χ3n) is 4.71. The molecule has 1 atom stereocenters. The molecule has 2 aliphatic heterocycles. The molecule has 1 aromatic rings. The Morgan fingerprint density at radius 3 is 2.81 bits per heavy atom. The highest BCUT2D eigenvalue weighted by molar-refractivity contribution is 5.42. The monoisotopic (exact) mass is 285 g/mol. The lowest BCUT2D eigenvalue weighted by Gasteiger charge is -2.24. The average Bonchev–Trinajstić information content (AvgIpc) is 3.18. The highest BCUT2D eigenvalue weighted by Crippen LogP contribution is 2.25. The molecule has 4 heteroatoms. The fourth-order valence-corrected chi connectivity index (χ4v) is 3.57. The van der Waals surface area contributed by atoms with Crippen LogP contribution in [0.2, 0.25) is 0 Å². The van der Waals surface area contributed by atoms with E-state index in [1.165, 1.54) is 32.4 Å². The maximum Gasteiger partial charge on any atom is 0.123 e. The van der Waals surface area contributed by atoms with Crippen LogP contribution in [0.1, 0.15) is 30.4 Å². The van der Waals surface area contributed by atoms with Crippen molar-refractivity contribution >= 4 is 0 Å². The van der Waals surface area contributed by atoms with Gasteiger partial charge in [0, 0.05) is 31.2 Å². The first kappa shape index (κ1) is 14.4. The molecule has 1 unspecified atom stereocenters. The molecule has 2 saturated heterocycles. The topological polar surface area (TPSA) is 39.5 Å². The van der Waals surface area contributed by atoms with Crippen molar-refractivity contribution in [2.45, 2.75) is 31.8 Å². The summed E-state index contributed by atoms with van der Waals surface area (Å²) in [4.78, 5) is 5.13. The Labute approximate surface area is 126 Å². The molecular weight excluding hydrogens is 262 g/mol. The van der Waals surface area contributed by atoms with E-state index in [0.29, 0.717) is 5.56 Å². The van der Waals surface area contributed by atoms with Gasteiger partial charge in [-0.3, -0.25) is 9.80 Å². The summed E-state index contributed by atoms with van der Waals surface area (Å²) in [5.74, 6) is 0.888. The van der Waals surface area contributed by atoms with Crippen LogP contribution in [0.5, 0.6) is 5.75 Å². The van der Waals surface area contributed by atoms with Crippen LogP contribution in [0.15, 0.2) is 18.2 Å². The average molecular weight is 285 g/mol. The summed E-state index contributed by atoms with van der Waals surface area (Å²) in [6.45, 7) is 5.70. The Bertz CT molecular complexity index is 531. The van der Waals surface area contributed by atoms with Gasteiger partial charge in [0.05, 0.1) is 18.7 Å². The predicted octanol–water partition coefficient (Wildman–Crippen LogP) is 2.24. The normalized spacial score (nSPS) is 23.3. The number of benzene rings is 1. The van der Waals surface area contributed by atoms with Crippen LogP contribution >= 0.6 is 0 Å². The van der Waals surface area contributed by atoms with Crippen molar-refractivity contribution in [1.29, 1.82) is 5.26 Å². The first-order valence-corrected chi connectivity index (χ1v) is 7.83. The van der Waals surface area contributed by atoms with Crippen LogP contribution < -0.4 is 4.74 Å². The van der Waals surface area contributed by atoms with E-state index >= 15 is 0 Å². The van der Waals surface area contributed by atoms with Crippen LogP contribution in [0.4, 0.5) is 0 Å². The van der Waals surface area contributed by atoms with Crippen molar-refractivity contribution in [2.24, 2.45) is 0 Å². The molecule has 0 radical (unpaired) electrons. The van der Waals surface area contributed by atoms with E-state index in [1.807, 2.05) is 18.2 Å². The van der Waals surface area contributed by atoms with Crippen molar-refractivity contribution < 1.29 is 4.74 Å². The minimum absolute atomic E-state index is 0.709. The maximum atomic E-state index is 9.06. The van der Waals surface area contributed by atoms with Crippen LogP contribution in [-0.4, -0.2) is 49.1 Å². The second-order valence-electron chi connectivity index (χ2n) is 6.06. The van der Waals surface area contributed by atoms with E-state index in [2.05, 4.69) is 15.9 Å². The first-order valence-electron chi connectivity index (χ1n) is 7.83. The Hall–Kier alpha value is -1.57. The second-order valence-corrected chi connectivity index (χ2v) is 6.06. The molecule has 2 aliphatic rings. The number of hydrogen-bond donors (Lipinski definition) is 0. The van der Waals surface area contributed by atoms with Crippen molar-refractivity contribution in [3.8, 4) is 11.8 Å². The molecule has 0 N–H and O–H groups in total.